The van der Waals surface area contributed by atoms with Crippen molar-refractivity contribution in [2.75, 3.05) is 0 Å². The highest BCUT2D eigenvalue weighted by molar-refractivity contribution is 7.07. The van der Waals surface area contributed by atoms with Gasteiger partial charge in [0.2, 0.25) is 0 Å². The van der Waals surface area contributed by atoms with Gasteiger partial charge in [0.15, 0.2) is 10.5 Å². The Hall–Kier alpha value is -3.90. The van der Waals surface area contributed by atoms with Gasteiger partial charge in [0, 0.05) is 30.6 Å². The number of hydrogen-bond acceptors (Lipinski definition) is 3. The largest absolute Gasteiger partial charge is 0.321 e. The van der Waals surface area contributed by atoms with E-state index in [2.05, 4.69) is 77.5 Å². The fourth-order valence-electron chi connectivity index (χ4n) is 4.71. The molecule has 0 aliphatic rings. The molecule has 5 rings (SSSR count). The summed E-state index contributed by atoms with van der Waals surface area (Å²) in [5.74, 6) is 0.279. The molecule has 0 bridgehead atoms. The van der Waals surface area contributed by atoms with Crippen LogP contribution in [0.4, 0.5) is 5.69 Å². The fraction of sp³-hybridized carbons (Fsp3) is 0.200. The second-order valence-electron chi connectivity index (χ2n) is 9.00. The normalized spacial score (nSPS) is 11.9. The van der Waals surface area contributed by atoms with Crippen molar-refractivity contribution in [2.45, 2.75) is 32.7 Å². The monoisotopic (exact) mass is 494 g/mol. The molecule has 3 aromatic carbocycles. The van der Waals surface area contributed by atoms with E-state index in [1.54, 1.807) is 16.0 Å². The van der Waals surface area contributed by atoms with Gasteiger partial charge in [0.1, 0.15) is 0 Å². The Morgan fingerprint density at radius 2 is 1.39 bits per heavy atom. The van der Waals surface area contributed by atoms with Crippen LogP contribution in [0.1, 0.15) is 34.9 Å². The molecule has 36 heavy (non-hydrogen) atoms. The first-order chi connectivity index (χ1) is 17.5. The Labute approximate surface area is 215 Å². The highest BCUT2D eigenvalue weighted by Gasteiger charge is 2.18. The van der Waals surface area contributed by atoms with E-state index >= 15 is 0 Å². The van der Waals surface area contributed by atoms with Gasteiger partial charge in [-0.2, -0.15) is 0 Å². The second kappa shape index (κ2) is 10.4. The van der Waals surface area contributed by atoms with Crippen LogP contribution in [0.2, 0.25) is 0 Å². The Balaban J connectivity index is 1.52. The van der Waals surface area contributed by atoms with Gasteiger partial charge >= 0.3 is 0 Å². The van der Waals surface area contributed by atoms with Crippen molar-refractivity contribution in [3.63, 3.8) is 0 Å². The lowest BCUT2D eigenvalue weighted by Gasteiger charge is -2.19. The molecule has 0 unspecified atom stereocenters. The summed E-state index contributed by atoms with van der Waals surface area (Å²) in [6.07, 6.45) is 0.931. The summed E-state index contributed by atoms with van der Waals surface area (Å²) < 4.78 is 5.80. The smallest absolute Gasteiger partial charge is 0.297 e. The maximum Gasteiger partial charge on any atom is 0.297 e. The standard InChI is InChI=1S/C30H30N4OS/c1-22-21-36-30(31-28-23(2)32(3)34(29(28)35)26-17-11-6-12-18-26)33(22)20-19-27(24-13-7-4-8-14-24)25-15-9-5-10-16-25/h4-18,21,27H,19-20H2,1-3H3. The average Bonchev–Trinajstić information content (AvgIpc) is 3.37. The van der Waals surface area contributed by atoms with E-state index in [-0.39, 0.29) is 11.5 Å². The van der Waals surface area contributed by atoms with Gasteiger partial charge in [0.05, 0.1) is 11.4 Å². The Bertz CT molecular complexity index is 1540. The van der Waals surface area contributed by atoms with E-state index in [0.29, 0.717) is 5.69 Å². The highest BCUT2D eigenvalue weighted by Crippen LogP contribution is 2.28. The molecule has 0 amide bonds. The molecular weight excluding hydrogens is 464 g/mol. The average molecular weight is 495 g/mol. The molecule has 5 nitrogen and oxygen atoms in total. The van der Waals surface area contributed by atoms with Crippen molar-refractivity contribution >= 4 is 17.0 Å². The molecule has 0 N–H and O–H groups in total. The summed E-state index contributed by atoms with van der Waals surface area (Å²) in [5.41, 5.74) is 5.81. The quantitative estimate of drug-likeness (QED) is 0.269. The van der Waals surface area contributed by atoms with Gasteiger partial charge in [-0.1, -0.05) is 78.9 Å². The molecule has 0 saturated carbocycles. The molecule has 0 fully saturated rings. The van der Waals surface area contributed by atoms with Crippen molar-refractivity contribution in [2.24, 2.45) is 12.0 Å². The lowest BCUT2D eigenvalue weighted by molar-refractivity contribution is 0.575. The zero-order valence-electron chi connectivity index (χ0n) is 20.8. The van der Waals surface area contributed by atoms with Gasteiger partial charge in [-0.25, -0.2) is 9.67 Å². The van der Waals surface area contributed by atoms with Crippen LogP contribution in [-0.4, -0.2) is 13.9 Å². The molecule has 0 saturated heterocycles. The first-order valence-corrected chi connectivity index (χ1v) is 13.1. The first kappa shape index (κ1) is 23.8. The third kappa shape index (κ3) is 4.64. The van der Waals surface area contributed by atoms with Crippen molar-refractivity contribution < 1.29 is 0 Å². The van der Waals surface area contributed by atoms with Crippen LogP contribution in [0.5, 0.6) is 0 Å². The number of aromatic nitrogens is 3. The van der Waals surface area contributed by atoms with Crippen LogP contribution in [0.25, 0.3) is 5.69 Å². The number of aryl methyl sites for hydroxylation is 1. The lowest BCUT2D eigenvalue weighted by Crippen LogP contribution is -2.21. The van der Waals surface area contributed by atoms with Gasteiger partial charge < -0.3 is 4.57 Å². The number of benzene rings is 3. The third-order valence-corrected chi connectivity index (χ3v) is 7.75. The summed E-state index contributed by atoms with van der Waals surface area (Å²) >= 11 is 1.58. The summed E-state index contributed by atoms with van der Waals surface area (Å²) in [6, 6.07) is 31.0. The highest BCUT2D eigenvalue weighted by atomic mass is 32.1. The zero-order chi connectivity index (χ0) is 25.1. The number of thiazole rings is 1. The molecule has 182 valence electrons. The van der Waals surface area contributed by atoms with Crippen molar-refractivity contribution in [1.82, 2.24) is 13.9 Å². The minimum atomic E-state index is -0.106. The van der Waals surface area contributed by atoms with Crippen molar-refractivity contribution in [1.29, 1.82) is 0 Å². The summed E-state index contributed by atoms with van der Waals surface area (Å²) in [6.45, 7) is 4.86. The molecule has 0 spiro atoms. The first-order valence-electron chi connectivity index (χ1n) is 12.2. The van der Waals surface area contributed by atoms with E-state index in [9.17, 15) is 4.79 Å². The molecule has 0 radical (unpaired) electrons. The SMILES string of the molecule is Cc1csc(=Nc2c(C)n(C)n(-c3ccccc3)c2=O)n1CCC(c1ccccc1)c1ccccc1. The van der Waals surface area contributed by atoms with E-state index in [4.69, 9.17) is 4.99 Å². The number of para-hydroxylation sites is 1. The molecule has 0 aliphatic carbocycles. The molecular formula is C30H30N4OS. The minimum absolute atomic E-state index is 0.106. The molecule has 0 atom stereocenters. The van der Waals surface area contributed by atoms with Crippen LogP contribution >= 0.6 is 11.3 Å². The number of rotatable bonds is 7. The minimum Gasteiger partial charge on any atom is -0.321 e. The van der Waals surface area contributed by atoms with E-state index in [1.807, 2.05) is 49.0 Å². The lowest BCUT2D eigenvalue weighted by atomic mass is 9.88. The predicted molar refractivity (Wildman–Crippen MR) is 147 cm³/mol. The van der Waals surface area contributed by atoms with Gasteiger partial charge in [-0.15, -0.1) is 11.3 Å². The van der Waals surface area contributed by atoms with E-state index in [1.165, 1.54) is 11.1 Å². The molecule has 6 heteroatoms. The third-order valence-electron chi connectivity index (χ3n) is 6.77. The zero-order valence-corrected chi connectivity index (χ0v) is 21.7. The van der Waals surface area contributed by atoms with Crippen LogP contribution in [0.3, 0.4) is 0 Å². The van der Waals surface area contributed by atoms with Crippen LogP contribution in [0.15, 0.2) is 106 Å². The maximum absolute atomic E-state index is 13.4. The van der Waals surface area contributed by atoms with Gasteiger partial charge in [-0.3, -0.25) is 9.48 Å². The van der Waals surface area contributed by atoms with Crippen LogP contribution in [0, 0.1) is 13.8 Å². The van der Waals surface area contributed by atoms with Crippen LogP contribution < -0.4 is 10.4 Å². The molecule has 2 heterocycles. The Morgan fingerprint density at radius 3 is 1.97 bits per heavy atom. The van der Waals surface area contributed by atoms with Crippen LogP contribution in [-0.2, 0) is 13.6 Å². The van der Waals surface area contributed by atoms with Gasteiger partial charge in [-0.05, 0) is 43.5 Å². The Morgan fingerprint density at radius 1 is 0.833 bits per heavy atom. The second-order valence-corrected chi connectivity index (χ2v) is 9.83. The van der Waals surface area contributed by atoms with Gasteiger partial charge in [0.25, 0.3) is 5.56 Å². The molecule has 5 aromatic rings. The maximum atomic E-state index is 13.4. The van der Waals surface area contributed by atoms with E-state index in [0.717, 1.165) is 34.8 Å². The van der Waals surface area contributed by atoms with E-state index < -0.39 is 0 Å². The Kier molecular flexibility index (Phi) is 6.87. The summed E-state index contributed by atoms with van der Waals surface area (Å²) in [7, 11) is 1.90. The van der Waals surface area contributed by atoms with Crippen molar-refractivity contribution in [3.8, 4) is 5.69 Å². The summed E-state index contributed by atoms with van der Waals surface area (Å²) in [4.78, 5) is 19.2. The molecule has 0 aliphatic heterocycles. The molecule has 2 aromatic heterocycles. The number of nitrogens with zero attached hydrogens (tertiary/aromatic N) is 4. The van der Waals surface area contributed by atoms with Crippen molar-refractivity contribution in [3.05, 3.63) is 134 Å². The fourth-order valence-corrected chi connectivity index (χ4v) is 5.62. The predicted octanol–water partition coefficient (Wildman–Crippen LogP) is 6.11. The number of hydrogen-bond donors (Lipinski definition) is 0. The summed E-state index contributed by atoms with van der Waals surface area (Å²) in [5, 5.41) is 2.12. The topological polar surface area (TPSA) is 44.2 Å².